The molecule has 1 heterocycles. The molecule has 0 spiro atoms. The number of hydrogen-bond acceptors (Lipinski definition) is 5. The lowest BCUT2D eigenvalue weighted by Crippen LogP contribution is -2.16. The van der Waals surface area contributed by atoms with E-state index in [0.717, 1.165) is 0 Å². The van der Waals surface area contributed by atoms with Crippen molar-refractivity contribution in [3.05, 3.63) is 46.5 Å². The van der Waals surface area contributed by atoms with Crippen LogP contribution < -0.4 is 20.5 Å². The van der Waals surface area contributed by atoms with Crippen LogP contribution in [-0.2, 0) is 21.2 Å². The van der Waals surface area contributed by atoms with Crippen molar-refractivity contribution in [1.29, 1.82) is 0 Å². The molecule has 2 amide bonds. The Kier molecular flexibility index (Phi) is 4.51. The maximum atomic E-state index is 12.8. The Balaban J connectivity index is 2.03. The minimum Gasteiger partial charge on any atom is -0.495 e. The molecule has 1 aliphatic rings. The van der Waals surface area contributed by atoms with Crippen LogP contribution in [0, 0.1) is 0 Å². The molecule has 0 saturated heterocycles. The van der Waals surface area contributed by atoms with E-state index < -0.39 is 15.9 Å². The maximum Gasteiger partial charge on any atom is 0.263 e. The van der Waals surface area contributed by atoms with Gasteiger partial charge in [0, 0.05) is 11.3 Å². The predicted molar refractivity (Wildman–Crippen MR) is 96.1 cm³/mol. The van der Waals surface area contributed by atoms with Crippen LogP contribution in [0.5, 0.6) is 5.75 Å². The van der Waals surface area contributed by atoms with Gasteiger partial charge in [-0.05, 0) is 35.9 Å². The van der Waals surface area contributed by atoms with Crippen LogP contribution in [0.3, 0.4) is 0 Å². The molecule has 8 nitrogen and oxygen atoms in total. The molecule has 0 atom stereocenters. The van der Waals surface area contributed by atoms with E-state index in [1.807, 2.05) is 0 Å². The number of methoxy groups -OCH3 is 1. The van der Waals surface area contributed by atoms with Crippen LogP contribution in [0.1, 0.15) is 15.9 Å². The van der Waals surface area contributed by atoms with Crippen molar-refractivity contribution in [2.45, 2.75) is 11.3 Å². The van der Waals surface area contributed by atoms with Crippen molar-refractivity contribution >= 4 is 44.8 Å². The SMILES string of the molecule is COc1ccc(C(N)=O)cc1NS(=O)(=O)c1cc2c(cc1Cl)NC(=O)C2. The van der Waals surface area contributed by atoms with Gasteiger partial charge in [-0.15, -0.1) is 0 Å². The summed E-state index contributed by atoms with van der Waals surface area (Å²) in [5, 5.41) is 2.54. The van der Waals surface area contributed by atoms with Crippen LogP contribution >= 0.6 is 11.6 Å². The van der Waals surface area contributed by atoms with E-state index >= 15 is 0 Å². The highest BCUT2D eigenvalue weighted by Crippen LogP contribution is 2.34. The van der Waals surface area contributed by atoms with Crippen molar-refractivity contribution in [1.82, 2.24) is 0 Å². The molecule has 2 aromatic rings. The van der Waals surface area contributed by atoms with Gasteiger partial charge >= 0.3 is 0 Å². The lowest BCUT2D eigenvalue weighted by atomic mass is 10.2. The third-order valence-corrected chi connectivity index (χ3v) is 5.63. The Hall–Kier alpha value is -2.78. The molecule has 0 bridgehead atoms. The second-order valence-electron chi connectivity index (χ2n) is 5.55. The van der Waals surface area contributed by atoms with Crippen molar-refractivity contribution in [3.8, 4) is 5.75 Å². The normalized spacial score (nSPS) is 13.1. The average molecular weight is 396 g/mol. The topological polar surface area (TPSA) is 128 Å². The summed E-state index contributed by atoms with van der Waals surface area (Å²) in [6, 6.07) is 6.82. The summed E-state index contributed by atoms with van der Waals surface area (Å²) in [5.41, 5.74) is 6.38. The van der Waals surface area contributed by atoms with E-state index in [1.54, 1.807) is 0 Å². The molecule has 0 saturated carbocycles. The Morgan fingerprint density at radius 3 is 2.69 bits per heavy atom. The Labute approximate surface area is 154 Å². The summed E-state index contributed by atoms with van der Waals surface area (Å²) in [6.45, 7) is 0. The van der Waals surface area contributed by atoms with Gasteiger partial charge in [0.25, 0.3) is 10.0 Å². The smallest absolute Gasteiger partial charge is 0.263 e. The third kappa shape index (κ3) is 3.31. The monoisotopic (exact) mass is 395 g/mol. The first-order chi connectivity index (χ1) is 12.2. The summed E-state index contributed by atoms with van der Waals surface area (Å²) >= 11 is 6.09. The van der Waals surface area contributed by atoms with Crippen LogP contribution in [0.15, 0.2) is 35.2 Å². The van der Waals surface area contributed by atoms with E-state index in [2.05, 4.69) is 10.0 Å². The largest absolute Gasteiger partial charge is 0.495 e. The van der Waals surface area contributed by atoms with Gasteiger partial charge in [-0.1, -0.05) is 11.6 Å². The minimum atomic E-state index is -4.11. The second-order valence-corrected chi connectivity index (χ2v) is 7.61. The number of anilines is 2. The quantitative estimate of drug-likeness (QED) is 0.710. The lowest BCUT2D eigenvalue weighted by Gasteiger charge is -2.14. The number of rotatable bonds is 5. The fraction of sp³-hybridized carbons (Fsp3) is 0.125. The molecular weight excluding hydrogens is 382 g/mol. The standard InChI is InChI=1S/C16H14ClN3O5S/c1-25-13-3-2-8(16(18)22)4-12(13)20-26(23,24)14-5-9-6-15(21)19-11(9)7-10(14)17/h2-5,7,20H,6H2,1H3,(H2,18,22)(H,19,21). The Morgan fingerprint density at radius 2 is 2.04 bits per heavy atom. The molecule has 0 fully saturated rings. The van der Waals surface area contributed by atoms with Crippen molar-refractivity contribution in [2.75, 3.05) is 17.1 Å². The first kappa shape index (κ1) is 18.0. The van der Waals surface area contributed by atoms with Gasteiger partial charge in [-0.25, -0.2) is 8.42 Å². The van der Waals surface area contributed by atoms with Gasteiger partial charge in [-0.2, -0.15) is 0 Å². The van der Waals surface area contributed by atoms with Gasteiger partial charge in [0.15, 0.2) is 0 Å². The number of nitrogens with one attached hydrogen (secondary N) is 2. The summed E-state index contributed by atoms with van der Waals surface area (Å²) in [6.07, 6.45) is 0.0650. The van der Waals surface area contributed by atoms with Crippen LogP contribution in [0.25, 0.3) is 0 Å². The average Bonchev–Trinajstić information content (AvgIpc) is 2.92. The fourth-order valence-corrected chi connectivity index (χ4v) is 4.21. The molecule has 1 aliphatic heterocycles. The molecule has 26 heavy (non-hydrogen) atoms. The zero-order valence-corrected chi connectivity index (χ0v) is 15.1. The number of carbonyl (C=O) groups is 2. The molecule has 0 radical (unpaired) electrons. The van der Waals surface area contributed by atoms with Gasteiger partial charge in [0.2, 0.25) is 11.8 Å². The van der Waals surface area contributed by atoms with Crippen molar-refractivity contribution in [3.63, 3.8) is 0 Å². The van der Waals surface area contributed by atoms with Crippen LogP contribution in [-0.4, -0.2) is 27.3 Å². The van der Waals surface area contributed by atoms with E-state index in [1.165, 1.54) is 37.4 Å². The highest BCUT2D eigenvalue weighted by Gasteiger charge is 2.26. The number of amides is 2. The summed E-state index contributed by atoms with van der Waals surface area (Å²) in [7, 11) is -2.75. The number of nitrogens with two attached hydrogens (primary N) is 1. The first-order valence-corrected chi connectivity index (χ1v) is 9.20. The highest BCUT2D eigenvalue weighted by molar-refractivity contribution is 7.92. The van der Waals surface area contributed by atoms with Gasteiger partial charge in [0.1, 0.15) is 10.6 Å². The Morgan fingerprint density at radius 1 is 1.31 bits per heavy atom. The number of halogens is 1. The molecule has 10 heteroatoms. The number of fused-ring (bicyclic) bond motifs is 1. The summed E-state index contributed by atoms with van der Waals surface area (Å²) in [4.78, 5) is 22.6. The predicted octanol–water partition coefficient (Wildman–Crippen LogP) is 1.74. The van der Waals surface area contributed by atoms with Gasteiger partial charge < -0.3 is 15.8 Å². The van der Waals surface area contributed by atoms with E-state index in [0.29, 0.717) is 11.3 Å². The zero-order valence-electron chi connectivity index (χ0n) is 13.5. The molecule has 0 aliphatic carbocycles. The minimum absolute atomic E-state index is 0.0366. The molecule has 136 valence electrons. The van der Waals surface area contributed by atoms with E-state index in [9.17, 15) is 18.0 Å². The number of sulfonamides is 1. The molecular formula is C16H14ClN3O5S. The third-order valence-electron chi connectivity index (χ3n) is 3.80. The van der Waals surface area contributed by atoms with Crippen molar-refractivity contribution < 1.29 is 22.7 Å². The highest BCUT2D eigenvalue weighted by atomic mass is 35.5. The summed E-state index contributed by atoms with van der Waals surface area (Å²) in [5.74, 6) is -0.754. The maximum absolute atomic E-state index is 12.8. The molecule has 0 unspecified atom stereocenters. The zero-order chi connectivity index (χ0) is 19.1. The number of benzene rings is 2. The van der Waals surface area contributed by atoms with E-state index in [-0.39, 0.29) is 39.2 Å². The number of ether oxygens (including phenoxy) is 1. The molecule has 2 aromatic carbocycles. The molecule has 3 rings (SSSR count). The number of carbonyl (C=O) groups excluding carboxylic acids is 2. The van der Waals surface area contributed by atoms with Gasteiger partial charge in [-0.3, -0.25) is 14.3 Å². The number of primary amides is 1. The molecule has 0 aromatic heterocycles. The van der Waals surface area contributed by atoms with Crippen LogP contribution in [0.4, 0.5) is 11.4 Å². The molecule has 4 N–H and O–H groups in total. The van der Waals surface area contributed by atoms with Crippen LogP contribution in [0.2, 0.25) is 5.02 Å². The Bertz CT molecular complexity index is 1040. The first-order valence-electron chi connectivity index (χ1n) is 7.34. The van der Waals surface area contributed by atoms with Gasteiger partial charge in [0.05, 0.1) is 24.2 Å². The fourth-order valence-electron chi connectivity index (χ4n) is 2.57. The van der Waals surface area contributed by atoms with Crippen molar-refractivity contribution in [2.24, 2.45) is 5.73 Å². The summed E-state index contributed by atoms with van der Waals surface area (Å²) < 4.78 is 33.0. The lowest BCUT2D eigenvalue weighted by molar-refractivity contribution is -0.115. The van der Waals surface area contributed by atoms with E-state index in [4.69, 9.17) is 22.1 Å². The number of hydrogen-bond donors (Lipinski definition) is 3. The second kappa shape index (κ2) is 6.50.